The van der Waals surface area contributed by atoms with Crippen LogP contribution in [0.15, 0.2) is 36.4 Å². The summed E-state index contributed by atoms with van der Waals surface area (Å²) in [5, 5.41) is 0.719. The number of rotatable bonds is 6. The number of fused-ring (bicyclic) bond motifs is 1. The normalized spacial score (nSPS) is 14.8. The van der Waals surface area contributed by atoms with E-state index in [1.54, 1.807) is 18.4 Å². The van der Waals surface area contributed by atoms with Crippen LogP contribution in [0.25, 0.3) is 10.2 Å². The lowest BCUT2D eigenvalue weighted by molar-refractivity contribution is -0.906. The number of amides is 1. The van der Waals surface area contributed by atoms with Crippen molar-refractivity contribution in [2.24, 2.45) is 0 Å². The van der Waals surface area contributed by atoms with Gasteiger partial charge in [-0.05, 0) is 37.6 Å². The Morgan fingerprint density at radius 3 is 2.77 bits per heavy atom. The molecule has 1 saturated heterocycles. The Balaban J connectivity index is 1.69. The van der Waals surface area contributed by atoms with Crippen molar-refractivity contribution < 1.29 is 19.2 Å². The molecular weight excluding hydrogens is 398 g/mol. The molecule has 0 aliphatic carbocycles. The van der Waals surface area contributed by atoms with Crippen molar-refractivity contribution in [2.45, 2.75) is 13.8 Å². The number of nitrogens with one attached hydrogen (secondary N) is 1. The molecule has 1 N–H and O–H groups in total. The van der Waals surface area contributed by atoms with Gasteiger partial charge in [0.1, 0.15) is 24.4 Å². The highest BCUT2D eigenvalue weighted by molar-refractivity contribution is 7.22. The highest BCUT2D eigenvalue weighted by atomic mass is 32.1. The number of morpholine rings is 1. The molecule has 0 spiro atoms. The van der Waals surface area contributed by atoms with Crippen LogP contribution < -0.4 is 14.5 Å². The lowest BCUT2D eigenvalue weighted by Gasteiger charge is -2.27. The van der Waals surface area contributed by atoms with E-state index in [9.17, 15) is 4.79 Å². The van der Waals surface area contributed by atoms with Crippen LogP contribution in [0.1, 0.15) is 21.5 Å². The van der Waals surface area contributed by atoms with Crippen LogP contribution in [0.5, 0.6) is 5.75 Å². The monoisotopic (exact) mass is 426 g/mol. The fourth-order valence-corrected chi connectivity index (χ4v) is 4.85. The van der Waals surface area contributed by atoms with Crippen LogP contribution in [0.2, 0.25) is 0 Å². The number of nitrogens with zero attached hydrogens (tertiary/aromatic N) is 2. The van der Waals surface area contributed by atoms with Gasteiger partial charge in [-0.25, -0.2) is 4.98 Å². The second-order valence-electron chi connectivity index (χ2n) is 7.70. The summed E-state index contributed by atoms with van der Waals surface area (Å²) in [5.41, 5.74) is 3.71. The number of aryl methyl sites for hydroxylation is 2. The topological polar surface area (TPSA) is 56.1 Å². The molecule has 6 nitrogen and oxygen atoms in total. The third kappa shape index (κ3) is 4.33. The number of quaternary nitrogens is 1. The fourth-order valence-electron chi connectivity index (χ4n) is 3.78. The minimum absolute atomic E-state index is 0.0120. The molecule has 0 saturated carbocycles. The Morgan fingerprint density at radius 1 is 1.23 bits per heavy atom. The highest BCUT2D eigenvalue weighted by Gasteiger charge is 2.25. The van der Waals surface area contributed by atoms with Gasteiger partial charge in [-0.15, -0.1) is 0 Å². The second-order valence-corrected chi connectivity index (χ2v) is 8.68. The van der Waals surface area contributed by atoms with Gasteiger partial charge in [-0.3, -0.25) is 9.69 Å². The number of ether oxygens (including phenoxy) is 2. The number of thiazole rings is 1. The van der Waals surface area contributed by atoms with E-state index in [0.29, 0.717) is 12.1 Å². The van der Waals surface area contributed by atoms with Crippen molar-refractivity contribution in [1.82, 2.24) is 4.98 Å². The molecule has 0 radical (unpaired) electrons. The predicted octanol–water partition coefficient (Wildman–Crippen LogP) is 2.48. The number of hydrogen-bond acceptors (Lipinski definition) is 5. The van der Waals surface area contributed by atoms with Crippen molar-refractivity contribution in [2.75, 3.05) is 51.4 Å². The van der Waals surface area contributed by atoms with Crippen LogP contribution in [0.4, 0.5) is 5.13 Å². The van der Waals surface area contributed by atoms with Crippen LogP contribution >= 0.6 is 11.3 Å². The van der Waals surface area contributed by atoms with Crippen LogP contribution in [0, 0.1) is 13.8 Å². The van der Waals surface area contributed by atoms with E-state index in [2.05, 4.69) is 6.92 Å². The fraction of sp³-hybridized carbons (Fsp3) is 0.391. The number of carbonyl (C=O) groups excluding carboxylic acids is 1. The van der Waals surface area contributed by atoms with Gasteiger partial charge in [0.25, 0.3) is 5.91 Å². The molecule has 1 amide bonds. The Kier molecular flexibility index (Phi) is 6.32. The maximum absolute atomic E-state index is 13.5. The zero-order valence-electron chi connectivity index (χ0n) is 17.7. The second kappa shape index (κ2) is 9.12. The smallest absolute Gasteiger partial charge is 0.260 e. The van der Waals surface area contributed by atoms with Gasteiger partial charge in [-0.2, -0.15) is 0 Å². The Bertz CT molecular complexity index is 1040. The summed E-state index contributed by atoms with van der Waals surface area (Å²) in [5.74, 6) is 0.724. The van der Waals surface area contributed by atoms with Crippen molar-refractivity contribution >= 4 is 32.6 Å². The molecule has 1 fully saturated rings. The highest BCUT2D eigenvalue weighted by Crippen LogP contribution is 2.36. The van der Waals surface area contributed by atoms with E-state index in [0.717, 1.165) is 65.1 Å². The van der Waals surface area contributed by atoms with Gasteiger partial charge in [0, 0.05) is 5.56 Å². The third-order valence-electron chi connectivity index (χ3n) is 5.54. The molecule has 1 aromatic heterocycles. The number of anilines is 1. The van der Waals surface area contributed by atoms with Crippen molar-refractivity contribution in [3.05, 3.63) is 53.1 Å². The molecule has 4 rings (SSSR count). The van der Waals surface area contributed by atoms with E-state index >= 15 is 0 Å². The average molecular weight is 427 g/mol. The minimum atomic E-state index is -0.0120. The largest absolute Gasteiger partial charge is 0.494 e. The molecule has 2 aromatic carbocycles. The van der Waals surface area contributed by atoms with Gasteiger partial charge in [0.05, 0.1) is 38.1 Å². The van der Waals surface area contributed by atoms with Gasteiger partial charge in [0.15, 0.2) is 5.13 Å². The summed E-state index contributed by atoms with van der Waals surface area (Å²) in [6.45, 7) is 9.05. The molecule has 2 heterocycles. The molecule has 0 bridgehead atoms. The Hall–Kier alpha value is -2.48. The van der Waals surface area contributed by atoms with E-state index < -0.39 is 0 Å². The number of methoxy groups -OCH3 is 1. The Morgan fingerprint density at radius 2 is 2.03 bits per heavy atom. The molecular formula is C23H28N3O3S+. The van der Waals surface area contributed by atoms with E-state index in [1.807, 2.05) is 48.2 Å². The molecule has 0 unspecified atom stereocenters. The lowest BCUT2D eigenvalue weighted by Crippen LogP contribution is -3.14. The predicted molar refractivity (Wildman–Crippen MR) is 120 cm³/mol. The average Bonchev–Trinajstić information content (AvgIpc) is 3.21. The molecule has 158 valence electrons. The van der Waals surface area contributed by atoms with Gasteiger partial charge >= 0.3 is 0 Å². The summed E-state index contributed by atoms with van der Waals surface area (Å²) >= 11 is 1.56. The quantitative estimate of drug-likeness (QED) is 0.658. The summed E-state index contributed by atoms with van der Waals surface area (Å²) in [7, 11) is 1.65. The maximum Gasteiger partial charge on any atom is 0.260 e. The molecule has 30 heavy (non-hydrogen) atoms. The number of benzene rings is 2. The lowest BCUT2D eigenvalue weighted by atomic mass is 10.1. The summed E-state index contributed by atoms with van der Waals surface area (Å²) in [4.78, 5) is 21.6. The zero-order chi connectivity index (χ0) is 21.1. The summed E-state index contributed by atoms with van der Waals surface area (Å²) in [6, 6.07) is 11.7. The van der Waals surface area contributed by atoms with Gasteiger partial charge in [-0.1, -0.05) is 35.1 Å². The van der Waals surface area contributed by atoms with E-state index in [1.165, 1.54) is 4.90 Å². The number of aromatic nitrogens is 1. The van der Waals surface area contributed by atoms with Crippen molar-refractivity contribution in [1.29, 1.82) is 0 Å². The first-order chi connectivity index (χ1) is 14.6. The first kappa shape index (κ1) is 20.8. The molecule has 0 atom stereocenters. The van der Waals surface area contributed by atoms with Gasteiger partial charge < -0.3 is 14.4 Å². The first-order valence-corrected chi connectivity index (χ1v) is 11.1. The maximum atomic E-state index is 13.5. The summed E-state index contributed by atoms with van der Waals surface area (Å²) < 4.78 is 12.0. The van der Waals surface area contributed by atoms with E-state index in [-0.39, 0.29) is 5.91 Å². The van der Waals surface area contributed by atoms with Crippen LogP contribution in [-0.2, 0) is 4.74 Å². The minimum Gasteiger partial charge on any atom is -0.494 e. The zero-order valence-corrected chi connectivity index (χ0v) is 18.6. The standard InChI is InChI=1S/C23H27N3O3S/c1-16-5-4-6-18(15-16)22(27)26(10-9-25-11-13-29-14-12-25)23-24-20-19(28-3)8-7-17(2)21(20)30-23/h4-8,15H,9-14H2,1-3H3/p+1. The summed E-state index contributed by atoms with van der Waals surface area (Å²) in [6.07, 6.45) is 0. The first-order valence-electron chi connectivity index (χ1n) is 10.3. The van der Waals surface area contributed by atoms with Crippen LogP contribution in [-0.4, -0.2) is 57.4 Å². The molecule has 3 aromatic rings. The SMILES string of the molecule is COc1ccc(C)c2sc(N(CC[NH+]3CCOCC3)C(=O)c3cccc(C)c3)nc12. The number of hydrogen-bond donors (Lipinski definition) is 1. The molecule has 1 aliphatic heterocycles. The van der Waals surface area contributed by atoms with Crippen molar-refractivity contribution in [3.8, 4) is 5.75 Å². The van der Waals surface area contributed by atoms with Crippen LogP contribution in [0.3, 0.4) is 0 Å². The Labute approximate surface area is 181 Å². The third-order valence-corrected chi connectivity index (χ3v) is 6.76. The molecule has 7 heteroatoms. The van der Waals surface area contributed by atoms with Gasteiger partial charge in [0.2, 0.25) is 0 Å². The van der Waals surface area contributed by atoms with E-state index in [4.69, 9.17) is 14.5 Å². The molecule has 1 aliphatic rings. The van der Waals surface area contributed by atoms with Crippen molar-refractivity contribution in [3.63, 3.8) is 0 Å². The number of carbonyl (C=O) groups is 1.